The molecule has 0 aliphatic carbocycles. The Labute approximate surface area is 120 Å². The summed E-state index contributed by atoms with van der Waals surface area (Å²) < 4.78 is 24.1. The highest BCUT2D eigenvalue weighted by atomic mass is 32.2. The summed E-state index contributed by atoms with van der Waals surface area (Å²) in [6.07, 6.45) is -0.359. The molecular weight excluding hydrogens is 276 g/mol. The number of carboxylic acid groups (broad SMARTS) is 1. The Morgan fingerprint density at radius 2 is 1.70 bits per heavy atom. The van der Waals surface area contributed by atoms with Gasteiger partial charge in [-0.25, -0.2) is 8.42 Å². The lowest BCUT2D eigenvalue weighted by Crippen LogP contribution is -2.22. The molecule has 1 atom stereocenters. The minimum Gasteiger partial charge on any atom is -0.481 e. The van der Waals surface area contributed by atoms with Gasteiger partial charge < -0.3 is 5.11 Å². The Bertz CT molecular complexity index is 565. The monoisotopic (exact) mass is 298 g/mol. The second kappa shape index (κ2) is 5.95. The van der Waals surface area contributed by atoms with Crippen molar-refractivity contribution in [2.24, 2.45) is 0 Å². The molecule has 0 heterocycles. The van der Waals surface area contributed by atoms with Crippen LogP contribution in [-0.4, -0.2) is 24.7 Å². The molecule has 0 saturated carbocycles. The third-order valence-corrected chi connectivity index (χ3v) is 5.39. The van der Waals surface area contributed by atoms with Gasteiger partial charge in [0.25, 0.3) is 0 Å². The number of sulfone groups is 1. The summed E-state index contributed by atoms with van der Waals surface area (Å²) in [5, 5.41) is 7.80. The average Bonchev–Trinajstić information content (AvgIpc) is 2.26. The molecule has 1 unspecified atom stereocenters. The van der Waals surface area contributed by atoms with Crippen LogP contribution in [0.4, 0.5) is 0 Å². The summed E-state index contributed by atoms with van der Waals surface area (Å²) in [5.74, 6) is -1.21. The standard InChI is InChI=1S/C15H22O4S/c1-11(9-14(16)17)20(18,19)10-12-5-7-13(8-6-12)15(2,3)4/h5-8,11H,9-10H2,1-4H3,(H,16,17). The van der Waals surface area contributed by atoms with Gasteiger partial charge in [-0.05, 0) is 23.5 Å². The summed E-state index contributed by atoms with van der Waals surface area (Å²) in [6.45, 7) is 7.71. The maximum atomic E-state index is 12.1. The van der Waals surface area contributed by atoms with E-state index in [9.17, 15) is 13.2 Å². The van der Waals surface area contributed by atoms with Crippen molar-refractivity contribution in [3.05, 3.63) is 35.4 Å². The molecule has 1 aromatic carbocycles. The molecule has 0 aliphatic heterocycles. The van der Waals surface area contributed by atoms with Crippen LogP contribution in [0.15, 0.2) is 24.3 Å². The zero-order chi connectivity index (χ0) is 15.6. The van der Waals surface area contributed by atoms with Crippen molar-refractivity contribution < 1.29 is 18.3 Å². The summed E-state index contributed by atoms with van der Waals surface area (Å²) in [5.41, 5.74) is 1.85. The van der Waals surface area contributed by atoms with Gasteiger partial charge in [-0.2, -0.15) is 0 Å². The molecule has 5 heteroatoms. The number of hydrogen-bond acceptors (Lipinski definition) is 3. The molecule has 0 spiro atoms. The van der Waals surface area contributed by atoms with Crippen molar-refractivity contribution in [3.63, 3.8) is 0 Å². The zero-order valence-electron chi connectivity index (χ0n) is 12.4. The highest BCUT2D eigenvalue weighted by Crippen LogP contribution is 2.23. The van der Waals surface area contributed by atoms with E-state index in [-0.39, 0.29) is 17.6 Å². The lowest BCUT2D eigenvalue weighted by molar-refractivity contribution is -0.136. The van der Waals surface area contributed by atoms with E-state index in [0.717, 1.165) is 5.56 Å². The number of carboxylic acids is 1. The van der Waals surface area contributed by atoms with Crippen LogP contribution in [0.25, 0.3) is 0 Å². The summed E-state index contributed by atoms with van der Waals surface area (Å²) in [6, 6.07) is 7.44. The molecular formula is C15H22O4S. The van der Waals surface area contributed by atoms with Crippen molar-refractivity contribution >= 4 is 15.8 Å². The van der Waals surface area contributed by atoms with Crippen LogP contribution in [0.3, 0.4) is 0 Å². The SMILES string of the molecule is CC(CC(=O)O)S(=O)(=O)Cc1ccc(C(C)(C)C)cc1. The van der Waals surface area contributed by atoms with Crippen LogP contribution >= 0.6 is 0 Å². The van der Waals surface area contributed by atoms with E-state index in [1.807, 2.05) is 12.1 Å². The lowest BCUT2D eigenvalue weighted by Gasteiger charge is -2.19. The Morgan fingerprint density at radius 1 is 1.20 bits per heavy atom. The van der Waals surface area contributed by atoms with Crippen LogP contribution in [0.5, 0.6) is 0 Å². The van der Waals surface area contributed by atoms with Crippen molar-refractivity contribution in [3.8, 4) is 0 Å². The first kappa shape index (κ1) is 16.7. The fourth-order valence-electron chi connectivity index (χ4n) is 1.85. The largest absolute Gasteiger partial charge is 0.481 e. The third-order valence-electron chi connectivity index (χ3n) is 3.26. The first-order valence-electron chi connectivity index (χ1n) is 6.55. The molecule has 0 bridgehead atoms. The van der Waals surface area contributed by atoms with Crippen molar-refractivity contribution in [1.29, 1.82) is 0 Å². The van der Waals surface area contributed by atoms with E-state index >= 15 is 0 Å². The molecule has 0 aromatic heterocycles. The van der Waals surface area contributed by atoms with Crippen LogP contribution in [-0.2, 0) is 25.8 Å². The molecule has 1 aromatic rings. The zero-order valence-corrected chi connectivity index (χ0v) is 13.2. The second-order valence-corrected chi connectivity index (χ2v) is 8.58. The highest BCUT2D eigenvalue weighted by Gasteiger charge is 2.24. The molecule has 0 radical (unpaired) electrons. The molecule has 1 rings (SSSR count). The quantitative estimate of drug-likeness (QED) is 0.907. The molecule has 0 fully saturated rings. The van der Waals surface area contributed by atoms with Gasteiger partial charge in [-0.1, -0.05) is 45.0 Å². The molecule has 112 valence electrons. The third kappa shape index (κ3) is 4.63. The van der Waals surface area contributed by atoms with Gasteiger partial charge in [-0.3, -0.25) is 4.79 Å². The topological polar surface area (TPSA) is 71.4 Å². The Kier molecular flexibility index (Phi) is 4.97. The molecule has 0 aliphatic rings. The molecule has 1 N–H and O–H groups in total. The fraction of sp³-hybridized carbons (Fsp3) is 0.533. The second-order valence-electron chi connectivity index (χ2n) is 6.16. The maximum absolute atomic E-state index is 12.1. The summed E-state index contributed by atoms with van der Waals surface area (Å²) in [7, 11) is -3.44. The Hall–Kier alpha value is -1.36. The minimum absolute atomic E-state index is 0.0218. The maximum Gasteiger partial charge on any atom is 0.304 e. The Balaban J connectivity index is 2.86. The smallest absolute Gasteiger partial charge is 0.304 e. The number of carbonyl (C=O) groups is 1. The van der Waals surface area contributed by atoms with Crippen molar-refractivity contribution in [1.82, 2.24) is 0 Å². The Morgan fingerprint density at radius 3 is 2.10 bits per heavy atom. The number of aliphatic carboxylic acids is 1. The van der Waals surface area contributed by atoms with Crippen LogP contribution in [0, 0.1) is 0 Å². The number of benzene rings is 1. The van der Waals surface area contributed by atoms with Gasteiger partial charge in [0.1, 0.15) is 0 Å². The van der Waals surface area contributed by atoms with E-state index in [1.165, 1.54) is 6.92 Å². The average molecular weight is 298 g/mol. The molecule has 0 saturated heterocycles. The van der Waals surface area contributed by atoms with E-state index < -0.39 is 21.1 Å². The van der Waals surface area contributed by atoms with Crippen LogP contribution < -0.4 is 0 Å². The van der Waals surface area contributed by atoms with Crippen molar-refractivity contribution in [2.45, 2.75) is 50.5 Å². The van der Waals surface area contributed by atoms with Crippen LogP contribution in [0.1, 0.15) is 45.2 Å². The summed E-state index contributed by atoms with van der Waals surface area (Å²) >= 11 is 0. The van der Waals surface area contributed by atoms with Gasteiger partial charge in [0.15, 0.2) is 9.84 Å². The molecule has 0 amide bonds. The highest BCUT2D eigenvalue weighted by molar-refractivity contribution is 7.91. The van der Waals surface area contributed by atoms with E-state index in [4.69, 9.17) is 5.11 Å². The van der Waals surface area contributed by atoms with Crippen LogP contribution in [0.2, 0.25) is 0 Å². The number of rotatable bonds is 5. The predicted octanol–water partition coefficient (Wildman–Crippen LogP) is 2.76. The van der Waals surface area contributed by atoms with E-state index in [1.54, 1.807) is 12.1 Å². The molecule has 20 heavy (non-hydrogen) atoms. The number of hydrogen-bond donors (Lipinski definition) is 1. The van der Waals surface area contributed by atoms with Gasteiger partial charge in [0.05, 0.1) is 17.4 Å². The van der Waals surface area contributed by atoms with Gasteiger partial charge in [0, 0.05) is 0 Å². The fourth-order valence-corrected chi connectivity index (χ4v) is 3.19. The molecule has 4 nitrogen and oxygen atoms in total. The predicted molar refractivity (Wildman–Crippen MR) is 79.5 cm³/mol. The summed E-state index contributed by atoms with van der Waals surface area (Å²) in [4.78, 5) is 10.6. The van der Waals surface area contributed by atoms with Gasteiger partial charge in [0.2, 0.25) is 0 Å². The normalized spacial score (nSPS) is 14.0. The first-order valence-corrected chi connectivity index (χ1v) is 8.26. The van der Waals surface area contributed by atoms with E-state index in [0.29, 0.717) is 5.56 Å². The lowest BCUT2D eigenvalue weighted by atomic mass is 9.87. The van der Waals surface area contributed by atoms with Gasteiger partial charge in [-0.15, -0.1) is 0 Å². The minimum atomic E-state index is -3.44. The van der Waals surface area contributed by atoms with Crippen molar-refractivity contribution in [2.75, 3.05) is 0 Å². The first-order chi connectivity index (χ1) is 9.02. The van der Waals surface area contributed by atoms with E-state index in [2.05, 4.69) is 20.8 Å². The van der Waals surface area contributed by atoms with Gasteiger partial charge >= 0.3 is 5.97 Å².